The van der Waals surface area contributed by atoms with Gasteiger partial charge in [-0.1, -0.05) is 44.9 Å². The second-order valence-electron chi connectivity index (χ2n) is 7.70. The van der Waals surface area contributed by atoms with Crippen molar-refractivity contribution < 1.29 is 9.59 Å². The lowest BCUT2D eigenvalue weighted by Crippen LogP contribution is -2.43. The smallest absolute Gasteiger partial charge is 0.247 e. The quantitative estimate of drug-likeness (QED) is 0.878. The maximum absolute atomic E-state index is 12.5. The number of fused-ring (bicyclic) bond motifs is 1. The van der Waals surface area contributed by atoms with Crippen LogP contribution in [0.4, 0.5) is 0 Å². The third kappa shape index (κ3) is 3.97. The molecule has 5 nitrogen and oxygen atoms in total. The van der Waals surface area contributed by atoms with Gasteiger partial charge in [0.25, 0.3) is 0 Å². The van der Waals surface area contributed by atoms with Crippen LogP contribution in [0.25, 0.3) is 10.9 Å². The first kappa shape index (κ1) is 18.6. The number of amides is 1. The summed E-state index contributed by atoms with van der Waals surface area (Å²) < 4.78 is 1.48. The zero-order chi connectivity index (χ0) is 18.7. The maximum atomic E-state index is 12.5. The molecule has 26 heavy (non-hydrogen) atoms. The Bertz CT molecular complexity index is 796. The largest absolute Gasteiger partial charge is 0.353 e. The fourth-order valence-corrected chi connectivity index (χ4v) is 3.98. The molecule has 1 saturated carbocycles. The molecule has 5 heteroatoms. The Morgan fingerprint density at radius 2 is 1.96 bits per heavy atom. The molecule has 0 aliphatic heterocycles. The minimum absolute atomic E-state index is 0.0539. The van der Waals surface area contributed by atoms with Crippen molar-refractivity contribution in [3.63, 3.8) is 0 Å². The summed E-state index contributed by atoms with van der Waals surface area (Å²) in [5.41, 5.74) is 1.69. The van der Waals surface area contributed by atoms with Gasteiger partial charge in [0, 0.05) is 24.3 Å². The molecule has 0 unspecified atom stereocenters. The van der Waals surface area contributed by atoms with E-state index in [1.165, 1.54) is 17.5 Å². The highest BCUT2D eigenvalue weighted by atomic mass is 16.2. The molecule has 1 aliphatic rings. The molecule has 1 amide bonds. The molecule has 1 aliphatic carbocycles. The van der Waals surface area contributed by atoms with Crippen LogP contribution in [0, 0.1) is 18.8 Å². The molecule has 1 fully saturated rings. The van der Waals surface area contributed by atoms with Crippen molar-refractivity contribution in [2.75, 3.05) is 0 Å². The number of hydrogen-bond acceptors (Lipinski definition) is 3. The average molecular weight is 355 g/mol. The standard InChI is InChI=1S/C21H29N3O2/c1-14-8-6-10-18(15(14)2)22-20(25)12-7-13-21(26)24-19-11-5-4-9-17(19)16(3)23-24/h4-5,9,11,14-15,18H,6-8,10,12-13H2,1-3H3,(H,22,25)/t14-,15+,18+/m0/s1. The molecule has 2 aromatic rings. The maximum Gasteiger partial charge on any atom is 0.247 e. The van der Waals surface area contributed by atoms with Crippen LogP contribution in [-0.4, -0.2) is 27.6 Å². The van der Waals surface area contributed by atoms with Crippen molar-refractivity contribution in [2.45, 2.75) is 65.3 Å². The molecular formula is C21H29N3O2. The van der Waals surface area contributed by atoms with E-state index in [4.69, 9.17) is 0 Å². The van der Waals surface area contributed by atoms with Gasteiger partial charge in [-0.3, -0.25) is 9.59 Å². The summed E-state index contributed by atoms with van der Waals surface area (Å²) in [4.78, 5) is 24.8. The van der Waals surface area contributed by atoms with Gasteiger partial charge in [0.05, 0.1) is 11.2 Å². The summed E-state index contributed by atoms with van der Waals surface area (Å²) in [6, 6.07) is 8.02. The van der Waals surface area contributed by atoms with Crippen LogP contribution in [0.2, 0.25) is 0 Å². The van der Waals surface area contributed by atoms with E-state index in [0.29, 0.717) is 31.1 Å². The SMILES string of the molecule is Cc1nn(C(=O)CCCC(=O)N[C@@H]2CCC[C@H](C)[C@H]2C)c2ccccc12. The second kappa shape index (κ2) is 8.02. The van der Waals surface area contributed by atoms with E-state index >= 15 is 0 Å². The van der Waals surface area contributed by atoms with Crippen LogP contribution in [0.3, 0.4) is 0 Å². The average Bonchev–Trinajstić information content (AvgIpc) is 2.96. The van der Waals surface area contributed by atoms with Crippen LogP contribution in [0.5, 0.6) is 0 Å². The molecule has 0 bridgehead atoms. The molecule has 1 aromatic carbocycles. The zero-order valence-electron chi connectivity index (χ0n) is 16.0. The molecule has 0 spiro atoms. The van der Waals surface area contributed by atoms with E-state index < -0.39 is 0 Å². The first-order valence-electron chi connectivity index (χ1n) is 9.74. The van der Waals surface area contributed by atoms with E-state index in [2.05, 4.69) is 24.3 Å². The van der Waals surface area contributed by atoms with E-state index in [0.717, 1.165) is 23.0 Å². The van der Waals surface area contributed by atoms with Gasteiger partial charge in [-0.05, 0) is 37.7 Å². The van der Waals surface area contributed by atoms with Gasteiger partial charge in [0.2, 0.25) is 11.8 Å². The number of carbonyl (C=O) groups is 2. The Morgan fingerprint density at radius 3 is 2.77 bits per heavy atom. The molecule has 0 saturated heterocycles. The van der Waals surface area contributed by atoms with E-state index in [1.807, 2.05) is 31.2 Å². The van der Waals surface area contributed by atoms with Crippen molar-refractivity contribution in [1.29, 1.82) is 0 Å². The van der Waals surface area contributed by atoms with Crippen LogP contribution in [-0.2, 0) is 4.79 Å². The Morgan fingerprint density at radius 1 is 1.19 bits per heavy atom. The predicted molar refractivity (Wildman–Crippen MR) is 103 cm³/mol. The number of benzene rings is 1. The topological polar surface area (TPSA) is 64.0 Å². The third-order valence-electron chi connectivity index (χ3n) is 5.86. The number of aromatic nitrogens is 2. The second-order valence-corrected chi connectivity index (χ2v) is 7.70. The summed E-state index contributed by atoms with van der Waals surface area (Å²) >= 11 is 0. The van der Waals surface area contributed by atoms with E-state index in [1.54, 1.807) is 0 Å². The van der Waals surface area contributed by atoms with Gasteiger partial charge in [-0.2, -0.15) is 9.78 Å². The molecule has 0 radical (unpaired) electrons. The Hall–Kier alpha value is -2.17. The van der Waals surface area contributed by atoms with Crippen molar-refractivity contribution in [3.05, 3.63) is 30.0 Å². The minimum atomic E-state index is -0.0539. The van der Waals surface area contributed by atoms with E-state index in [9.17, 15) is 9.59 Å². The van der Waals surface area contributed by atoms with Crippen LogP contribution >= 0.6 is 0 Å². The van der Waals surface area contributed by atoms with Gasteiger partial charge in [-0.15, -0.1) is 0 Å². The highest BCUT2D eigenvalue weighted by Gasteiger charge is 2.28. The lowest BCUT2D eigenvalue weighted by molar-refractivity contribution is -0.122. The number of nitrogens with one attached hydrogen (secondary N) is 1. The van der Waals surface area contributed by atoms with E-state index in [-0.39, 0.29) is 17.9 Å². The van der Waals surface area contributed by atoms with Crippen LogP contribution < -0.4 is 5.32 Å². The molecule has 1 heterocycles. The summed E-state index contributed by atoms with van der Waals surface area (Å²) in [5, 5.41) is 8.54. The number of rotatable bonds is 5. The zero-order valence-corrected chi connectivity index (χ0v) is 16.0. The number of carbonyl (C=O) groups excluding carboxylic acids is 2. The van der Waals surface area contributed by atoms with Crippen molar-refractivity contribution >= 4 is 22.7 Å². The Kier molecular flexibility index (Phi) is 5.74. The number of aryl methyl sites for hydroxylation is 1. The fourth-order valence-electron chi connectivity index (χ4n) is 3.98. The molecule has 3 atom stereocenters. The lowest BCUT2D eigenvalue weighted by Gasteiger charge is -2.34. The summed E-state index contributed by atoms with van der Waals surface area (Å²) in [5.74, 6) is 1.19. The van der Waals surface area contributed by atoms with Crippen LogP contribution in [0.15, 0.2) is 24.3 Å². The predicted octanol–water partition coefficient (Wildman–Crippen LogP) is 4.10. The molecule has 3 rings (SSSR count). The Labute approximate surface area is 155 Å². The first-order valence-corrected chi connectivity index (χ1v) is 9.74. The number of para-hydroxylation sites is 1. The van der Waals surface area contributed by atoms with Gasteiger partial charge in [0.15, 0.2) is 0 Å². The molecule has 1 N–H and O–H groups in total. The first-order chi connectivity index (χ1) is 12.5. The fraction of sp³-hybridized carbons (Fsp3) is 0.571. The van der Waals surface area contributed by atoms with Gasteiger partial charge in [0.1, 0.15) is 0 Å². The highest BCUT2D eigenvalue weighted by molar-refractivity contribution is 5.92. The number of hydrogen-bond donors (Lipinski definition) is 1. The lowest BCUT2D eigenvalue weighted by atomic mass is 9.78. The number of nitrogens with zero attached hydrogens (tertiary/aromatic N) is 2. The monoisotopic (exact) mass is 355 g/mol. The normalized spacial score (nSPS) is 23.1. The van der Waals surface area contributed by atoms with Crippen molar-refractivity contribution in [1.82, 2.24) is 15.1 Å². The Balaban J connectivity index is 1.51. The third-order valence-corrected chi connectivity index (χ3v) is 5.86. The minimum Gasteiger partial charge on any atom is -0.353 e. The van der Waals surface area contributed by atoms with Crippen molar-refractivity contribution in [3.8, 4) is 0 Å². The highest BCUT2D eigenvalue weighted by Crippen LogP contribution is 2.29. The van der Waals surface area contributed by atoms with Gasteiger partial charge in [-0.25, -0.2) is 0 Å². The van der Waals surface area contributed by atoms with Gasteiger partial charge < -0.3 is 5.32 Å². The molecular weight excluding hydrogens is 326 g/mol. The molecule has 140 valence electrons. The summed E-state index contributed by atoms with van der Waals surface area (Å²) in [6.45, 7) is 6.40. The van der Waals surface area contributed by atoms with Crippen LogP contribution in [0.1, 0.15) is 62.9 Å². The van der Waals surface area contributed by atoms with Gasteiger partial charge >= 0.3 is 0 Å². The summed E-state index contributed by atoms with van der Waals surface area (Å²) in [7, 11) is 0. The van der Waals surface area contributed by atoms with Crippen molar-refractivity contribution in [2.24, 2.45) is 11.8 Å². The molecule has 1 aromatic heterocycles. The summed E-state index contributed by atoms with van der Waals surface area (Å²) in [6.07, 6.45) is 4.76.